The zero-order valence-corrected chi connectivity index (χ0v) is 8.57. The molecular weight excluding hydrogens is 178 g/mol. The summed E-state index contributed by atoms with van der Waals surface area (Å²) in [4.78, 5) is 2.47. The first-order valence-corrected chi connectivity index (χ1v) is 5.24. The Morgan fingerprint density at radius 2 is 2.57 bits per heavy atom. The minimum Gasteiger partial charge on any atom is -0.395 e. The van der Waals surface area contributed by atoms with E-state index in [9.17, 15) is 0 Å². The summed E-state index contributed by atoms with van der Waals surface area (Å²) < 4.78 is 5.12. The number of hydrogen-bond donors (Lipinski definition) is 1. The van der Waals surface area contributed by atoms with Gasteiger partial charge in [0.2, 0.25) is 0 Å². The Hall–Kier alpha value is -1.03. The summed E-state index contributed by atoms with van der Waals surface area (Å²) in [5.74, 6) is 0.843. The Labute approximate surface area is 84.0 Å². The maximum Gasteiger partial charge on any atom is 0.161 e. The van der Waals surface area contributed by atoms with Crippen LogP contribution in [0.2, 0.25) is 0 Å². The summed E-state index contributed by atoms with van der Waals surface area (Å²) in [5.41, 5.74) is 6.42. The van der Waals surface area contributed by atoms with Gasteiger partial charge in [-0.25, -0.2) is 0 Å². The van der Waals surface area contributed by atoms with Crippen LogP contribution in [0.3, 0.4) is 0 Å². The second-order valence-corrected chi connectivity index (χ2v) is 3.83. The Morgan fingerprint density at radius 1 is 1.71 bits per heavy atom. The van der Waals surface area contributed by atoms with Crippen molar-refractivity contribution in [3.63, 3.8) is 0 Å². The van der Waals surface area contributed by atoms with E-state index < -0.39 is 0 Å². The predicted molar refractivity (Wildman–Crippen MR) is 54.9 cm³/mol. The van der Waals surface area contributed by atoms with Crippen LogP contribution in [0.1, 0.15) is 25.5 Å². The van der Waals surface area contributed by atoms with Crippen molar-refractivity contribution in [3.05, 3.63) is 12.0 Å². The molecule has 1 fully saturated rings. The molecule has 4 heteroatoms. The highest BCUT2D eigenvalue weighted by Crippen LogP contribution is 2.22. The molecule has 14 heavy (non-hydrogen) atoms. The number of likely N-dealkylation sites (N-methyl/N-ethyl adjacent to an activating group) is 1. The Bertz CT molecular complexity index is 297. The van der Waals surface area contributed by atoms with Crippen molar-refractivity contribution in [2.24, 2.45) is 0 Å². The van der Waals surface area contributed by atoms with Gasteiger partial charge in [0.05, 0.1) is 11.9 Å². The minimum absolute atomic E-state index is 0.593. The molecule has 0 amide bonds. The van der Waals surface area contributed by atoms with Gasteiger partial charge in [-0.15, -0.1) is 0 Å². The molecular formula is C10H17N3O. The van der Waals surface area contributed by atoms with Gasteiger partial charge in [-0.1, -0.05) is 12.1 Å². The Kier molecular flexibility index (Phi) is 2.72. The molecule has 0 spiro atoms. The number of aromatic nitrogens is 1. The third-order valence-electron chi connectivity index (χ3n) is 3.00. The van der Waals surface area contributed by atoms with Crippen molar-refractivity contribution in [2.75, 3.05) is 18.8 Å². The second kappa shape index (κ2) is 4.00. The summed E-state index contributed by atoms with van der Waals surface area (Å²) in [6, 6.07) is 0.593. The van der Waals surface area contributed by atoms with Crippen molar-refractivity contribution in [3.8, 4) is 0 Å². The predicted octanol–water partition coefficient (Wildman–Crippen LogP) is 1.28. The van der Waals surface area contributed by atoms with Gasteiger partial charge < -0.3 is 15.2 Å². The van der Waals surface area contributed by atoms with Crippen LogP contribution < -0.4 is 5.73 Å². The van der Waals surface area contributed by atoms with Crippen molar-refractivity contribution in [2.45, 2.75) is 32.2 Å². The quantitative estimate of drug-likeness (QED) is 0.789. The largest absolute Gasteiger partial charge is 0.395 e. The number of hydrogen-bond acceptors (Lipinski definition) is 4. The van der Waals surface area contributed by atoms with Crippen molar-refractivity contribution >= 4 is 5.69 Å². The molecule has 1 atom stereocenters. The molecule has 2 heterocycles. The first-order valence-electron chi connectivity index (χ1n) is 5.24. The summed E-state index contributed by atoms with van der Waals surface area (Å²) in [6.45, 7) is 4.51. The molecule has 78 valence electrons. The van der Waals surface area contributed by atoms with Crippen molar-refractivity contribution in [1.82, 2.24) is 10.1 Å². The number of rotatable bonds is 3. The lowest BCUT2D eigenvalue weighted by Crippen LogP contribution is -2.30. The smallest absolute Gasteiger partial charge is 0.161 e. The summed E-state index contributed by atoms with van der Waals surface area (Å²) in [6.07, 6.45) is 5.01. The maximum atomic E-state index is 5.73. The molecule has 0 aromatic carbocycles. The van der Waals surface area contributed by atoms with Gasteiger partial charge in [0.25, 0.3) is 0 Å². The highest BCUT2D eigenvalue weighted by atomic mass is 16.5. The maximum absolute atomic E-state index is 5.73. The van der Waals surface area contributed by atoms with E-state index >= 15 is 0 Å². The van der Waals surface area contributed by atoms with Crippen LogP contribution in [-0.2, 0) is 6.42 Å². The Balaban J connectivity index is 2.00. The molecule has 1 aliphatic rings. The highest BCUT2D eigenvalue weighted by molar-refractivity contribution is 5.38. The van der Waals surface area contributed by atoms with E-state index in [1.54, 1.807) is 6.20 Å². The normalized spacial score (nSPS) is 23.1. The van der Waals surface area contributed by atoms with E-state index in [1.807, 2.05) is 0 Å². The molecule has 0 radical (unpaired) electrons. The fraction of sp³-hybridized carbons (Fsp3) is 0.700. The van der Waals surface area contributed by atoms with Crippen LogP contribution >= 0.6 is 0 Å². The minimum atomic E-state index is 0.593. The van der Waals surface area contributed by atoms with Gasteiger partial charge in [-0.3, -0.25) is 0 Å². The number of nitrogen functional groups attached to an aromatic ring is 1. The number of nitrogens with zero attached hydrogens (tertiary/aromatic N) is 2. The molecule has 4 nitrogen and oxygen atoms in total. The number of likely N-dealkylation sites (tertiary alicyclic amines) is 1. The van der Waals surface area contributed by atoms with E-state index in [2.05, 4.69) is 17.0 Å². The van der Waals surface area contributed by atoms with Crippen LogP contribution in [0, 0.1) is 0 Å². The first kappa shape index (κ1) is 9.52. The molecule has 0 aliphatic carbocycles. The summed E-state index contributed by atoms with van der Waals surface area (Å²) in [7, 11) is 0. The van der Waals surface area contributed by atoms with Crippen LogP contribution in [0.4, 0.5) is 5.69 Å². The number of anilines is 1. The first-order chi connectivity index (χ1) is 6.81. The van der Waals surface area contributed by atoms with Gasteiger partial charge in [-0.2, -0.15) is 0 Å². The van der Waals surface area contributed by atoms with Crippen LogP contribution in [-0.4, -0.2) is 29.2 Å². The highest BCUT2D eigenvalue weighted by Gasteiger charge is 2.25. The van der Waals surface area contributed by atoms with Gasteiger partial charge in [0, 0.05) is 12.5 Å². The third-order valence-corrected chi connectivity index (χ3v) is 3.00. The van der Waals surface area contributed by atoms with E-state index in [1.165, 1.54) is 19.4 Å². The van der Waals surface area contributed by atoms with E-state index in [4.69, 9.17) is 10.3 Å². The molecule has 0 saturated carbocycles. The van der Waals surface area contributed by atoms with Crippen LogP contribution in [0.5, 0.6) is 0 Å². The third kappa shape index (κ3) is 1.75. The lowest BCUT2D eigenvalue weighted by molar-refractivity contribution is 0.249. The van der Waals surface area contributed by atoms with Gasteiger partial charge >= 0.3 is 0 Å². The SMILES string of the molecule is CCN1CCCC1Cc1oncc1N. The number of nitrogens with two attached hydrogens (primary N) is 1. The van der Waals surface area contributed by atoms with E-state index in [0.717, 1.165) is 18.7 Å². The molecule has 1 aromatic heterocycles. The summed E-state index contributed by atoms with van der Waals surface area (Å²) in [5, 5.41) is 3.70. The fourth-order valence-electron chi connectivity index (χ4n) is 2.18. The lowest BCUT2D eigenvalue weighted by atomic mass is 10.1. The molecule has 1 aliphatic heterocycles. The summed E-state index contributed by atoms with van der Waals surface area (Å²) >= 11 is 0. The second-order valence-electron chi connectivity index (χ2n) is 3.83. The van der Waals surface area contributed by atoms with Gasteiger partial charge in [0.15, 0.2) is 5.76 Å². The molecule has 1 unspecified atom stereocenters. The molecule has 2 N–H and O–H groups in total. The van der Waals surface area contributed by atoms with Crippen molar-refractivity contribution in [1.29, 1.82) is 0 Å². The molecule has 2 rings (SSSR count). The lowest BCUT2D eigenvalue weighted by Gasteiger charge is -2.21. The van der Waals surface area contributed by atoms with E-state index in [0.29, 0.717) is 11.7 Å². The zero-order chi connectivity index (χ0) is 9.97. The standard InChI is InChI=1S/C10H17N3O/c1-2-13-5-3-4-8(13)6-10-9(11)7-12-14-10/h7-8H,2-6,11H2,1H3. The monoisotopic (exact) mass is 195 g/mol. The molecule has 1 aromatic rings. The topological polar surface area (TPSA) is 55.3 Å². The fourth-order valence-corrected chi connectivity index (χ4v) is 2.18. The van der Waals surface area contributed by atoms with Gasteiger partial charge in [-0.05, 0) is 25.9 Å². The average molecular weight is 195 g/mol. The molecule has 0 bridgehead atoms. The zero-order valence-electron chi connectivity index (χ0n) is 8.57. The average Bonchev–Trinajstić information content (AvgIpc) is 2.77. The molecule has 1 saturated heterocycles. The Morgan fingerprint density at radius 3 is 3.21 bits per heavy atom. The van der Waals surface area contributed by atoms with Crippen LogP contribution in [0.15, 0.2) is 10.7 Å². The van der Waals surface area contributed by atoms with Crippen LogP contribution in [0.25, 0.3) is 0 Å². The van der Waals surface area contributed by atoms with Crippen molar-refractivity contribution < 1.29 is 4.52 Å². The van der Waals surface area contributed by atoms with E-state index in [-0.39, 0.29) is 0 Å². The van der Waals surface area contributed by atoms with Gasteiger partial charge in [0.1, 0.15) is 0 Å².